The summed E-state index contributed by atoms with van der Waals surface area (Å²) in [5.74, 6) is 0.914. The lowest BCUT2D eigenvalue weighted by atomic mass is 9.45. The highest BCUT2D eigenvalue weighted by molar-refractivity contribution is 5.86. The van der Waals surface area contributed by atoms with Crippen molar-refractivity contribution in [2.75, 3.05) is 20.2 Å². The van der Waals surface area contributed by atoms with Crippen LogP contribution in [0.4, 0.5) is 0 Å². The van der Waals surface area contributed by atoms with Gasteiger partial charge in [-0.2, -0.15) is 0 Å². The second kappa shape index (κ2) is 5.89. The van der Waals surface area contributed by atoms with E-state index in [2.05, 4.69) is 61.1 Å². The number of phenols is 1. The molecule has 5 nitrogen and oxygen atoms in total. The Balaban J connectivity index is 1.63. The third-order valence-corrected chi connectivity index (χ3v) is 9.11. The number of nitrogens with one attached hydrogen (secondary N) is 1. The van der Waals surface area contributed by atoms with Gasteiger partial charge >= 0.3 is 0 Å². The Hall–Kier alpha value is -2.50. The SMILES string of the molecule is CCCO[C@@]12Cc3c([nH]c4ccccc34)[C@]3(C)Oc4c(O)ccc5c4[C@@]31CCN(C)[C@@H]2C5. The lowest BCUT2D eigenvalue weighted by Crippen LogP contribution is -2.78. The predicted octanol–water partition coefficient (Wildman–Crippen LogP) is 4.40. The number of para-hydroxylation sites is 1. The number of nitrogens with zero attached hydrogens (tertiary/aromatic N) is 1. The van der Waals surface area contributed by atoms with Gasteiger partial charge in [0.05, 0.1) is 11.1 Å². The standard InChI is InChI=1S/C27H30N2O3/c1-4-13-31-27-15-18-17-7-5-6-8-19(17)28-24(18)25(2)26(27)11-12-29(3)21(27)14-16-9-10-20(30)23(32-25)22(16)26/h5-10,21,28,30H,4,11-15H2,1-3H3/t21-,25+,26+,27-/m1/s1. The fourth-order valence-corrected chi connectivity index (χ4v) is 7.88. The van der Waals surface area contributed by atoms with Gasteiger partial charge in [0.25, 0.3) is 0 Å². The van der Waals surface area contributed by atoms with Gasteiger partial charge in [-0.05, 0) is 63.0 Å². The van der Waals surface area contributed by atoms with E-state index < -0.39 is 11.2 Å². The van der Waals surface area contributed by atoms with Crippen molar-refractivity contribution in [1.82, 2.24) is 9.88 Å². The zero-order chi connectivity index (χ0) is 21.9. The van der Waals surface area contributed by atoms with Crippen LogP contribution in [0.15, 0.2) is 36.4 Å². The van der Waals surface area contributed by atoms with E-state index in [0.717, 1.165) is 50.0 Å². The fraction of sp³-hybridized carbons (Fsp3) is 0.481. The molecule has 0 radical (unpaired) electrons. The maximum Gasteiger partial charge on any atom is 0.166 e. The average molecular weight is 431 g/mol. The van der Waals surface area contributed by atoms with E-state index >= 15 is 0 Å². The highest BCUT2D eigenvalue weighted by atomic mass is 16.5. The van der Waals surface area contributed by atoms with Crippen LogP contribution in [0.2, 0.25) is 0 Å². The van der Waals surface area contributed by atoms with Crippen LogP contribution >= 0.6 is 0 Å². The molecule has 32 heavy (non-hydrogen) atoms. The molecule has 0 unspecified atom stereocenters. The van der Waals surface area contributed by atoms with Crippen LogP contribution in [0, 0.1) is 0 Å². The number of hydrogen-bond acceptors (Lipinski definition) is 4. The number of rotatable bonds is 3. The molecule has 2 aliphatic carbocycles. The van der Waals surface area contributed by atoms with Crippen molar-refractivity contribution in [3.63, 3.8) is 0 Å². The van der Waals surface area contributed by atoms with E-state index in [-0.39, 0.29) is 17.2 Å². The first-order valence-corrected chi connectivity index (χ1v) is 12.0. The van der Waals surface area contributed by atoms with Crippen molar-refractivity contribution in [3.8, 4) is 11.5 Å². The number of hydrogen-bond donors (Lipinski definition) is 2. The molecule has 4 aliphatic rings. The van der Waals surface area contributed by atoms with Crippen LogP contribution in [-0.2, 0) is 28.6 Å². The molecular weight excluding hydrogens is 400 g/mol. The van der Waals surface area contributed by atoms with Gasteiger partial charge in [0.1, 0.15) is 5.60 Å². The largest absolute Gasteiger partial charge is 0.504 e. The summed E-state index contributed by atoms with van der Waals surface area (Å²) in [6.45, 7) is 6.14. The van der Waals surface area contributed by atoms with Crippen molar-refractivity contribution < 1.29 is 14.6 Å². The minimum atomic E-state index is -0.636. The maximum absolute atomic E-state index is 10.9. The number of aromatic amines is 1. The zero-order valence-corrected chi connectivity index (χ0v) is 19.0. The zero-order valence-electron chi connectivity index (χ0n) is 19.0. The summed E-state index contributed by atoms with van der Waals surface area (Å²) >= 11 is 0. The topological polar surface area (TPSA) is 57.7 Å². The summed E-state index contributed by atoms with van der Waals surface area (Å²) in [6.07, 6.45) is 3.70. The Morgan fingerprint density at radius 1 is 1.25 bits per heavy atom. The van der Waals surface area contributed by atoms with Crippen LogP contribution in [0.3, 0.4) is 0 Å². The van der Waals surface area contributed by atoms with Crippen LogP contribution in [0.25, 0.3) is 10.9 Å². The third kappa shape index (κ3) is 1.84. The molecule has 166 valence electrons. The van der Waals surface area contributed by atoms with E-state index in [4.69, 9.17) is 9.47 Å². The first-order chi connectivity index (χ1) is 15.5. The minimum Gasteiger partial charge on any atom is -0.504 e. The van der Waals surface area contributed by atoms with Crippen molar-refractivity contribution in [2.24, 2.45) is 0 Å². The van der Waals surface area contributed by atoms with E-state index in [1.54, 1.807) is 0 Å². The van der Waals surface area contributed by atoms with Crippen molar-refractivity contribution in [3.05, 3.63) is 58.8 Å². The van der Waals surface area contributed by atoms with Crippen LogP contribution in [-0.4, -0.2) is 46.8 Å². The number of fused-ring (bicyclic) bond motifs is 4. The average Bonchev–Trinajstić information content (AvgIpc) is 3.29. The highest BCUT2D eigenvalue weighted by Gasteiger charge is 2.78. The summed E-state index contributed by atoms with van der Waals surface area (Å²) in [7, 11) is 2.25. The third-order valence-electron chi connectivity index (χ3n) is 9.11. The number of phenolic OH excluding ortho intramolecular Hbond substituents is 1. The number of likely N-dealkylation sites (N-methyl/N-ethyl adjacent to an activating group) is 1. The summed E-state index contributed by atoms with van der Waals surface area (Å²) < 4.78 is 14.0. The maximum atomic E-state index is 10.9. The van der Waals surface area contributed by atoms with Gasteiger partial charge < -0.3 is 24.5 Å². The molecule has 5 heteroatoms. The van der Waals surface area contributed by atoms with Gasteiger partial charge in [-0.3, -0.25) is 0 Å². The number of ether oxygens (including phenoxy) is 2. The second-order valence-electron chi connectivity index (χ2n) is 10.4. The molecule has 2 aliphatic heterocycles. The van der Waals surface area contributed by atoms with Gasteiger partial charge in [0.2, 0.25) is 0 Å². The highest BCUT2D eigenvalue weighted by Crippen LogP contribution is 2.71. The van der Waals surface area contributed by atoms with Crippen molar-refractivity contribution in [2.45, 2.75) is 62.2 Å². The molecule has 4 atom stereocenters. The van der Waals surface area contributed by atoms with Crippen molar-refractivity contribution >= 4 is 10.9 Å². The summed E-state index contributed by atoms with van der Waals surface area (Å²) in [5, 5.41) is 12.2. The molecule has 7 rings (SSSR count). The van der Waals surface area contributed by atoms with Crippen LogP contribution in [0.1, 0.15) is 49.1 Å². The van der Waals surface area contributed by atoms with Gasteiger partial charge in [-0.15, -0.1) is 0 Å². The Morgan fingerprint density at radius 2 is 2.09 bits per heavy atom. The Bertz CT molecular complexity index is 1280. The monoisotopic (exact) mass is 430 g/mol. The Labute approximate surface area is 188 Å². The molecule has 1 aromatic heterocycles. The summed E-state index contributed by atoms with van der Waals surface area (Å²) in [4.78, 5) is 6.26. The molecule has 1 saturated heterocycles. The lowest BCUT2D eigenvalue weighted by Gasteiger charge is -2.66. The first-order valence-electron chi connectivity index (χ1n) is 12.0. The molecular formula is C27H30N2O3. The van der Waals surface area contributed by atoms with Gasteiger partial charge in [-0.25, -0.2) is 0 Å². The minimum absolute atomic E-state index is 0.244. The number of piperidine rings is 1. The Morgan fingerprint density at radius 3 is 2.94 bits per heavy atom. The normalized spacial score (nSPS) is 34.3. The number of likely N-dealkylation sites (tertiary alicyclic amines) is 1. The molecule has 1 spiro atoms. The van der Waals surface area contributed by atoms with Crippen molar-refractivity contribution in [1.29, 1.82) is 0 Å². The molecule has 2 aromatic carbocycles. The van der Waals surface area contributed by atoms with Gasteiger partial charge in [-0.1, -0.05) is 31.2 Å². The number of aromatic nitrogens is 1. The van der Waals surface area contributed by atoms with E-state index in [9.17, 15) is 5.11 Å². The number of benzene rings is 2. The van der Waals surface area contributed by atoms with E-state index in [0.29, 0.717) is 5.75 Å². The molecule has 1 fully saturated rings. The quantitative estimate of drug-likeness (QED) is 0.647. The number of aromatic hydroxyl groups is 1. The molecule has 2 N–H and O–H groups in total. The van der Waals surface area contributed by atoms with Crippen LogP contribution in [0.5, 0.6) is 11.5 Å². The smallest absolute Gasteiger partial charge is 0.166 e. The molecule has 0 amide bonds. The predicted molar refractivity (Wildman–Crippen MR) is 123 cm³/mol. The fourth-order valence-electron chi connectivity index (χ4n) is 7.88. The van der Waals surface area contributed by atoms with Gasteiger partial charge in [0, 0.05) is 35.5 Å². The molecule has 3 aromatic rings. The van der Waals surface area contributed by atoms with E-state index in [1.165, 1.54) is 22.1 Å². The Kier molecular flexibility index (Phi) is 3.50. The summed E-state index contributed by atoms with van der Waals surface area (Å²) in [5.41, 5.74) is 4.72. The number of H-pyrrole nitrogens is 1. The first kappa shape index (κ1) is 19.0. The molecule has 0 saturated carbocycles. The van der Waals surface area contributed by atoms with Crippen LogP contribution < -0.4 is 4.74 Å². The van der Waals surface area contributed by atoms with E-state index in [1.807, 2.05) is 6.07 Å². The van der Waals surface area contributed by atoms with Gasteiger partial charge in [0.15, 0.2) is 17.1 Å². The second-order valence-corrected chi connectivity index (χ2v) is 10.4. The molecule has 3 heterocycles. The molecule has 2 bridgehead atoms. The lowest BCUT2D eigenvalue weighted by molar-refractivity contribution is -0.222. The summed E-state index contributed by atoms with van der Waals surface area (Å²) in [6, 6.07) is 12.8.